The maximum Gasteiger partial charge on any atom is 0.0603 e. The van der Waals surface area contributed by atoms with Crippen LogP contribution < -0.4 is 0 Å². The molecule has 1 N–H and O–H groups in total. The van der Waals surface area contributed by atoms with Crippen LogP contribution in [0.4, 0.5) is 0 Å². The highest BCUT2D eigenvalue weighted by atomic mass is 79.9. The van der Waals surface area contributed by atoms with E-state index in [1.807, 2.05) is 0 Å². The number of aryl methyl sites for hydroxylation is 1. The quantitative estimate of drug-likeness (QED) is 0.207. The van der Waals surface area contributed by atoms with Crippen molar-refractivity contribution in [2.24, 2.45) is 5.92 Å². The van der Waals surface area contributed by atoms with Crippen LogP contribution in [0.25, 0.3) is 10.9 Å². The van der Waals surface area contributed by atoms with Crippen molar-refractivity contribution in [1.29, 1.82) is 0 Å². The van der Waals surface area contributed by atoms with Gasteiger partial charge in [0.25, 0.3) is 0 Å². The zero-order valence-corrected chi connectivity index (χ0v) is 22.4. The lowest BCUT2D eigenvalue weighted by Gasteiger charge is -2.22. The van der Waals surface area contributed by atoms with Gasteiger partial charge in [-0.25, -0.2) is 0 Å². The fourth-order valence-corrected chi connectivity index (χ4v) is 6.17. The van der Waals surface area contributed by atoms with E-state index in [-0.39, 0.29) is 0 Å². The number of nitrogens with one attached hydrogen (secondary N) is 1. The number of unbranched alkanes of at least 4 members (excludes halogenated alkanes) is 15. The van der Waals surface area contributed by atoms with E-state index in [4.69, 9.17) is 0 Å². The number of hydrogen-bond acceptors (Lipinski definition) is 0. The molecule has 1 aliphatic rings. The van der Waals surface area contributed by atoms with E-state index in [1.54, 1.807) is 5.56 Å². The van der Waals surface area contributed by atoms with Gasteiger partial charge in [-0.15, -0.1) is 0 Å². The monoisotopic (exact) mass is 501 g/mol. The molecule has 0 spiro atoms. The second-order valence-corrected chi connectivity index (χ2v) is 11.3. The zero-order valence-electron chi connectivity index (χ0n) is 20.8. The molecule has 1 atom stereocenters. The maximum absolute atomic E-state index is 3.71. The largest absolute Gasteiger partial charge is 0.357 e. The molecule has 1 nitrogen and oxygen atoms in total. The highest BCUT2D eigenvalue weighted by molar-refractivity contribution is 9.10. The first kappa shape index (κ1) is 25.9. The third-order valence-electron chi connectivity index (χ3n) is 7.74. The van der Waals surface area contributed by atoms with Gasteiger partial charge in [0.05, 0.1) is 5.52 Å². The van der Waals surface area contributed by atoms with Gasteiger partial charge in [0.15, 0.2) is 0 Å². The van der Waals surface area contributed by atoms with Gasteiger partial charge in [0, 0.05) is 15.6 Å². The molecule has 1 aliphatic carbocycles. The summed E-state index contributed by atoms with van der Waals surface area (Å²) in [7, 11) is 0. The Morgan fingerprint density at radius 1 is 0.781 bits per heavy atom. The Morgan fingerprint density at radius 3 is 1.94 bits per heavy atom. The first-order valence-corrected chi connectivity index (χ1v) is 14.9. The lowest BCUT2D eigenvalue weighted by Crippen LogP contribution is -2.13. The molecule has 1 unspecified atom stereocenters. The molecule has 0 bridgehead atoms. The van der Waals surface area contributed by atoms with Crippen LogP contribution in [0.1, 0.15) is 134 Å². The van der Waals surface area contributed by atoms with Gasteiger partial charge in [0.2, 0.25) is 0 Å². The molecule has 32 heavy (non-hydrogen) atoms. The third-order valence-corrected chi connectivity index (χ3v) is 8.40. The topological polar surface area (TPSA) is 15.8 Å². The average Bonchev–Trinajstić information content (AvgIpc) is 3.18. The van der Waals surface area contributed by atoms with E-state index >= 15 is 0 Å². The van der Waals surface area contributed by atoms with Crippen LogP contribution in [-0.2, 0) is 12.8 Å². The number of rotatable bonds is 17. The highest BCUT2D eigenvalue weighted by Crippen LogP contribution is 2.36. The average molecular weight is 503 g/mol. The molecular formula is C30H48BrN. The number of halogens is 1. The molecule has 1 aromatic heterocycles. The van der Waals surface area contributed by atoms with Crippen molar-refractivity contribution in [3.05, 3.63) is 33.9 Å². The van der Waals surface area contributed by atoms with E-state index in [0.717, 1.165) is 5.92 Å². The van der Waals surface area contributed by atoms with Crippen LogP contribution in [0.15, 0.2) is 22.7 Å². The summed E-state index contributed by atoms with van der Waals surface area (Å²) >= 11 is 3.71. The number of hydrogen-bond donors (Lipinski definition) is 1. The second-order valence-electron chi connectivity index (χ2n) is 10.4. The standard InChI is InChI=1S/C30H48BrN/c1-2-3-4-5-6-7-8-9-10-11-12-13-14-15-16-17-19-25-22-23-29-27(24-25)26-20-18-21-28(31)30(26)32-29/h18,20-21,25,32H,2-17,19,22-24H2,1H3. The molecule has 2 heteroatoms. The molecule has 3 rings (SSSR count). The molecule has 1 aromatic carbocycles. The van der Waals surface area contributed by atoms with Crippen molar-refractivity contribution in [2.45, 2.75) is 135 Å². The Hall–Kier alpha value is -0.760. The van der Waals surface area contributed by atoms with Gasteiger partial charge >= 0.3 is 0 Å². The molecular weight excluding hydrogens is 454 g/mol. The zero-order chi connectivity index (χ0) is 22.4. The number of fused-ring (bicyclic) bond motifs is 3. The minimum atomic E-state index is 0.895. The van der Waals surface area contributed by atoms with E-state index in [0.29, 0.717) is 0 Å². The lowest BCUT2D eigenvalue weighted by atomic mass is 9.83. The molecule has 0 aliphatic heterocycles. The lowest BCUT2D eigenvalue weighted by molar-refractivity contribution is 0.403. The Labute approximate surface area is 206 Å². The van der Waals surface area contributed by atoms with E-state index in [2.05, 4.69) is 46.0 Å². The van der Waals surface area contributed by atoms with Gasteiger partial charge in [-0.3, -0.25) is 0 Å². The normalized spacial score (nSPS) is 16.0. The summed E-state index contributed by atoms with van der Waals surface area (Å²) in [5, 5.41) is 1.45. The summed E-state index contributed by atoms with van der Waals surface area (Å²) in [6, 6.07) is 6.63. The van der Waals surface area contributed by atoms with Gasteiger partial charge in [-0.1, -0.05) is 128 Å². The van der Waals surface area contributed by atoms with E-state index < -0.39 is 0 Å². The Morgan fingerprint density at radius 2 is 1.34 bits per heavy atom. The fourth-order valence-electron chi connectivity index (χ4n) is 5.70. The first-order chi connectivity index (χ1) is 15.8. The molecule has 180 valence electrons. The van der Waals surface area contributed by atoms with Crippen molar-refractivity contribution in [1.82, 2.24) is 4.98 Å². The predicted octanol–water partition coefficient (Wildman–Crippen LogP) is 10.7. The molecule has 0 saturated heterocycles. The van der Waals surface area contributed by atoms with Crippen LogP contribution in [-0.4, -0.2) is 4.98 Å². The van der Waals surface area contributed by atoms with Gasteiger partial charge in [-0.2, -0.15) is 0 Å². The molecule has 0 fully saturated rings. The molecule has 0 saturated carbocycles. The minimum Gasteiger partial charge on any atom is -0.357 e. The summed E-state index contributed by atoms with van der Waals surface area (Å²) in [6.07, 6.45) is 28.6. The third kappa shape index (κ3) is 8.54. The molecule has 0 amide bonds. The highest BCUT2D eigenvalue weighted by Gasteiger charge is 2.22. The van der Waals surface area contributed by atoms with Crippen LogP contribution >= 0.6 is 15.9 Å². The SMILES string of the molecule is CCCCCCCCCCCCCCCCCCC1CCc2[nH]c3c(Br)cccc3c2C1. The summed E-state index contributed by atoms with van der Waals surface area (Å²) < 4.78 is 1.21. The van der Waals surface area contributed by atoms with Crippen molar-refractivity contribution < 1.29 is 0 Å². The second kappa shape index (κ2) is 15.2. The maximum atomic E-state index is 3.71. The van der Waals surface area contributed by atoms with Crippen LogP contribution in [0.5, 0.6) is 0 Å². The summed E-state index contributed by atoms with van der Waals surface area (Å²) in [6.45, 7) is 2.30. The molecule has 0 radical (unpaired) electrons. The Bertz CT molecular complexity index is 762. The number of aromatic amines is 1. The Kier molecular flexibility index (Phi) is 12.3. The number of aromatic nitrogens is 1. The number of para-hydroxylation sites is 1. The van der Waals surface area contributed by atoms with Gasteiger partial charge in [0.1, 0.15) is 0 Å². The number of H-pyrrole nitrogens is 1. The molecule has 2 aromatic rings. The summed E-state index contributed by atoms with van der Waals surface area (Å²) in [5.41, 5.74) is 4.41. The summed E-state index contributed by atoms with van der Waals surface area (Å²) in [4.78, 5) is 3.68. The van der Waals surface area contributed by atoms with Crippen molar-refractivity contribution in [2.75, 3.05) is 0 Å². The van der Waals surface area contributed by atoms with Crippen molar-refractivity contribution >= 4 is 26.8 Å². The minimum absolute atomic E-state index is 0.895. The van der Waals surface area contributed by atoms with E-state index in [1.165, 1.54) is 149 Å². The van der Waals surface area contributed by atoms with Gasteiger partial charge < -0.3 is 4.98 Å². The Balaban J connectivity index is 1.15. The van der Waals surface area contributed by atoms with E-state index in [9.17, 15) is 0 Å². The van der Waals surface area contributed by atoms with Crippen LogP contribution in [0.2, 0.25) is 0 Å². The van der Waals surface area contributed by atoms with Gasteiger partial charge in [-0.05, 0) is 52.7 Å². The molecule has 1 heterocycles. The van der Waals surface area contributed by atoms with Crippen LogP contribution in [0, 0.1) is 5.92 Å². The van der Waals surface area contributed by atoms with Crippen molar-refractivity contribution in [3.8, 4) is 0 Å². The fraction of sp³-hybridized carbons (Fsp3) is 0.733. The first-order valence-electron chi connectivity index (χ1n) is 14.1. The smallest absolute Gasteiger partial charge is 0.0603 e. The predicted molar refractivity (Wildman–Crippen MR) is 146 cm³/mol. The van der Waals surface area contributed by atoms with Crippen molar-refractivity contribution in [3.63, 3.8) is 0 Å². The van der Waals surface area contributed by atoms with Crippen LogP contribution in [0.3, 0.4) is 0 Å². The number of benzene rings is 1. The summed E-state index contributed by atoms with van der Waals surface area (Å²) in [5.74, 6) is 0.895.